The molecule has 0 aromatic carbocycles. The van der Waals surface area contributed by atoms with E-state index in [0.717, 1.165) is 12.2 Å². The number of likely N-dealkylation sites (tertiary alicyclic amines) is 1. The number of hydrogen-bond acceptors (Lipinski definition) is 7. The number of fused-ring (bicyclic) bond motifs is 2. The van der Waals surface area contributed by atoms with Crippen LogP contribution in [0, 0.1) is 26.1 Å². The summed E-state index contributed by atoms with van der Waals surface area (Å²) in [5, 5.41) is 23.2. The average molecular weight is 297 g/mol. The van der Waals surface area contributed by atoms with E-state index in [9.17, 15) is 29.8 Å². The molecule has 21 heavy (non-hydrogen) atoms. The highest BCUT2D eigenvalue weighted by atomic mass is 16.6. The zero-order valence-corrected chi connectivity index (χ0v) is 11.6. The molecule has 0 radical (unpaired) electrons. The molecule has 0 amide bonds. The van der Waals surface area contributed by atoms with Crippen molar-refractivity contribution in [1.82, 2.24) is 4.90 Å². The van der Waals surface area contributed by atoms with Gasteiger partial charge in [-0.05, 0) is 26.1 Å². The van der Waals surface area contributed by atoms with Crippen LogP contribution in [0.2, 0.25) is 0 Å². The summed E-state index contributed by atoms with van der Waals surface area (Å²) in [4.78, 5) is 46.8. The largest absolute Gasteiger partial charge is 0.305 e. The Hall–Kier alpha value is -2.16. The summed E-state index contributed by atoms with van der Waals surface area (Å²) < 4.78 is 0. The molecule has 1 fully saturated rings. The van der Waals surface area contributed by atoms with E-state index < -0.39 is 38.4 Å². The Morgan fingerprint density at radius 3 is 2.48 bits per heavy atom. The van der Waals surface area contributed by atoms with Gasteiger partial charge in [0.1, 0.15) is 11.7 Å². The number of hydrogen-bond donors (Lipinski definition) is 0. The summed E-state index contributed by atoms with van der Waals surface area (Å²) in [7, 11) is 1.49. The van der Waals surface area contributed by atoms with Crippen LogP contribution in [0.25, 0.3) is 0 Å². The summed E-state index contributed by atoms with van der Waals surface area (Å²) in [5.74, 6) is -2.48. The number of rotatable bonds is 4. The second-order valence-corrected chi connectivity index (χ2v) is 5.76. The predicted octanol–water partition coefficient (Wildman–Crippen LogP) is -0.303. The Kier molecular flexibility index (Phi) is 3.40. The van der Waals surface area contributed by atoms with Crippen molar-refractivity contribution in [2.45, 2.75) is 24.4 Å². The predicted molar refractivity (Wildman–Crippen MR) is 69.9 cm³/mol. The second-order valence-electron chi connectivity index (χ2n) is 5.76. The molecule has 9 nitrogen and oxygen atoms in total. The first kappa shape index (κ1) is 15.2. The van der Waals surface area contributed by atoms with Gasteiger partial charge in [0.05, 0.1) is 13.1 Å². The molecule has 114 valence electrons. The monoisotopic (exact) mass is 297 g/mol. The van der Waals surface area contributed by atoms with E-state index in [4.69, 9.17) is 0 Å². The average Bonchev–Trinajstić information content (AvgIpc) is 2.35. The van der Waals surface area contributed by atoms with Crippen LogP contribution in [0.15, 0.2) is 12.2 Å². The number of likely N-dealkylation sites (N-methyl/N-ethyl adjacent to an activating group) is 1. The van der Waals surface area contributed by atoms with Gasteiger partial charge in [-0.3, -0.25) is 29.9 Å². The van der Waals surface area contributed by atoms with E-state index >= 15 is 0 Å². The Balaban J connectivity index is 2.71. The van der Waals surface area contributed by atoms with Gasteiger partial charge in [0.25, 0.3) is 5.54 Å². The highest BCUT2D eigenvalue weighted by molar-refractivity contribution is 5.99. The Morgan fingerprint density at radius 1 is 1.38 bits per heavy atom. The molecule has 1 heterocycles. The van der Waals surface area contributed by atoms with Gasteiger partial charge < -0.3 is 4.79 Å². The number of nitro groups is 2. The van der Waals surface area contributed by atoms with Gasteiger partial charge in [0.2, 0.25) is 5.78 Å². The summed E-state index contributed by atoms with van der Waals surface area (Å²) in [6.07, 6.45) is 1.67. The van der Waals surface area contributed by atoms with Crippen molar-refractivity contribution >= 4 is 11.6 Å². The zero-order chi connectivity index (χ0) is 16.0. The molecule has 2 rings (SSSR count). The van der Waals surface area contributed by atoms with Crippen molar-refractivity contribution in [1.29, 1.82) is 0 Å². The molecule has 0 N–H and O–H groups in total. The first-order chi connectivity index (χ1) is 9.66. The Morgan fingerprint density at radius 2 is 2.00 bits per heavy atom. The zero-order valence-electron chi connectivity index (χ0n) is 11.6. The topological polar surface area (TPSA) is 124 Å². The number of ketones is 2. The van der Waals surface area contributed by atoms with Gasteiger partial charge in [0.15, 0.2) is 0 Å². The van der Waals surface area contributed by atoms with Crippen molar-refractivity contribution in [3.63, 3.8) is 0 Å². The van der Waals surface area contributed by atoms with Crippen LogP contribution in [0.5, 0.6) is 0 Å². The fourth-order valence-electron chi connectivity index (χ4n) is 3.47. The van der Waals surface area contributed by atoms with Crippen molar-refractivity contribution in [2.75, 3.05) is 20.1 Å². The van der Waals surface area contributed by atoms with Crippen molar-refractivity contribution in [2.24, 2.45) is 5.92 Å². The Labute approximate surface area is 119 Å². The van der Waals surface area contributed by atoms with Crippen LogP contribution in [-0.2, 0) is 9.59 Å². The van der Waals surface area contributed by atoms with Crippen molar-refractivity contribution in [3.8, 4) is 0 Å². The lowest BCUT2D eigenvalue weighted by molar-refractivity contribution is -0.623. The maximum Gasteiger partial charge on any atom is 0.305 e. The van der Waals surface area contributed by atoms with E-state index in [0.29, 0.717) is 0 Å². The van der Waals surface area contributed by atoms with Gasteiger partial charge in [-0.1, -0.05) is 0 Å². The third kappa shape index (κ3) is 1.96. The molecule has 1 aliphatic heterocycles. The van der Waals surface area contributed by atoms with E-state index in [1.165, 1.54) is 18.9 Å². The first-order valence-corrected chi connectivity index (χ1v) is 6.37. The van der Waals surface area contributed by atoms with E-state index in [-0.39, 0.29) is 19.5 Å². The number of nitrogens with zero attached hydrogens (tertiary/aromatic N) is 3. The van der Waals surface area contributed by atoms with Crippen molar-refractivity contribution in [3.05, 3.63) is 32.4 Å². The van der Waals surface area contributed by atoms with Crippen LogP contribution in [0.3, 0.4) is 0 Å². The molecule has 2 bridgehead atoms. The lowest BCUT2D eigenvalue weighted by atomic mass is 9.61. The van der Waals surface area contributed by atoms with E-state index in [1.807, 2.05) is 0 Å². The molecule has 0 aromatic heterocycles. The minimum absolute atomic E-state index is 0.0721. The molecule has 0 spiro atoms. The number of piperidine rings is 1. The quantitative estimate of drug-likeness (QED) is 0.515. The molecule has 9 heteroatoms. The minimum atomic E-state index is -2.14. The molecule has 3 atom stereocenters. The summed E-state index contributed by atoms with van der Waals surface area (Å²) >= 11 is 0. The highest BCUT2D eigenvalue weighted by Crippen LogP contribution is 2.45. The lowest BCUT2D eigenvalue weighted by Gasteiger charge is -2.47. The second kappa shape index (κ2) is 4.69. The third-order valence-electron chi connectivity index (χ3n) is 4.32. The Bertz CT molecular complexity index is 573. The van der Waals surface area contributed by atoms with Crippen LogP contribution in [0.1, 0.15) is 13.3 Å². The van der Waals surface area contributed by atoms with Gasteiger partial charge in [-0.25, -0.2) is 0 Å². The standard InChI is InChI=1S/C12H15N3O6/c1-8(16)5-9-11(14(18)19)4-3-10(17)12(9,15(20)21)7-13(2)6-11/h3-4,9H,5-7H2,1-2H3. The van der Waals surface area contributed by atoms with Gasteiger partial charge in [-0.15, -0.1) is 0 Å². The van der Waals surface area contributed by atoms with Crippen LogP contribution >= 0.6 is 0 Å². The fourth-order valence-corrected chi connectivity index (χ4v) is 3.47. The summed E-state index contributed by atoms with van der Waals surface area (Å²) in [6.45, 7) is 0.900. The molecular formula is C12H15N3O6. The molecule has 0 aromatic rings. The van der Waals surface area contributed by atoms with E-state index in [2.05, 4.69) is 0 Å². The molecule has 0 saturated carbocycles. The number of Topliss-reactive ketones (excluding diaryl/α,β-unsaturated/α-hetero) is 1. The molecule has 1 saturated heterocycles. The van der Waals surface area contributed by atoms with Crippen LogP contribution in [0.4, 0.5) is 0 Å². The maximum absolute atomic E-state index is 12.2. The third-order valence-corrected chi connectivity index (χ3v) is 4.32. The highest BCUT2D eigenvalue weighted by Gasteiger charge is 2.73. The molecule has 2 aliphatic rings. The number of carbonyl (C=O) groups is 2. The lowest BCUT2D eigenvalue weighted by Crippen LogP contribution is -2.74. The SMILES string of the molecule is CC(=O)CC1C2([N+](=O)[O-])C=CC(=O)C1([N+](=O)[O-])CN(C)C2. The molecule has 3 unspecified atom stereocenters. The van der Waals surface area contributed by atoms with Gasteiger partial charge in [0, 0.05) is 16.3 Å². The van der Waals surface area contributed by atoms with E-state index in [1.54, 1.807) is 0 Å². The molecule has 1 aliphatic carbocycles. The summed E-state index contributed by atoms with van der Waals surface area (Å²) in [5.41, 5.74) is -3.93. The normalized spacial score (nSPS) is 35.5. The number of carbonyl (C=O) groups excluding carboxylic acids is 2. The molecular weight excluding hydrogens is 282 g/mol. The fraction of sp³-hybridized carbons (Fsp3) is 0.667. The van der Waals surface area contributed by atoms with Crippen LogP contribution in [-0.4, -0.2) is 57.5 Å². The first-order valence-electron chi connectivity index (χ1n) is 6.37. The van der Waals surface area contributed by atoms with Gasteiger partial charge >= 0.3 is 5.54 Å². The van der Waals surface area contributed by atoms with Gasteiger partial charge in [-0.2, -0.15) is 0 Å². The minimum Gasteiger partial charge on any atom is -0.300 e. The van der Waals surface area contributed by atoms with Crippen molar-refractivity contribution < 1.29 is 19.4 Å². The maximum atomic E-state index is 12.2. The smallest absolute Gasteiger partial charge is 0.300 e. The van der Waals surface area contributed by atoms with Crippen LogP contribution < -0.4 is 0 Å². The summed E-state index contributed by atoms with van der Waals surface area (Å²) in [6, 6.07) is 0.